The highest BCUT2D eigenvalue weighted by atomic mass is 32.1. The van der Waals surface area contributed by atoms with Crippen molar-refractivity contribution in [3.05, 3.63) is 66.2 Å². The number of aromatic nitrogens is 1. The summed E-state index contributed by atoms with van der Waals surface area (Å²) in [5.41, 5.74) is 4.68. The van der Waals surface area contributed by atoms with Gasteiger partial charge in [0, 0.05) is 0 Å². The number of rotatable bonds is 4. The van der Waals surface area contributed by atoms with Crippen LogP contribution in [0.3, 0.4) is 0 Å². The minimum absolute atomic E-state index is 0.535. The van der Waals surface area contributed by atoms with Crippen molar-refractivity contribution in [2.75, 3.05) is 5.43 Å². The van der Waals surface area contributed by atoms with E-state index in [1.165, 1.54) is 27.7 Å². The van der Waals surface area contributed by atoms with E-state index in [9.17, 15) is 0 Å². The molecule has 0 amide bonds. The summed E-state index contributed by atoms with van der Waals surface area (Å²) in [4.78, 5) is 4.36. The molecule has 1 heterocycles. The summed E-state index contributed by atoms with van der Waals surface area (Å²) in [7, 11) is 0. The number of nitrogens with two attached hydrogens (primary N) is 1. The van der Waals surface area contributed by atoms with Crippen molar-refractivity contribution in [1.82, 2.24) is 4.98 Å². The van der Waals surface area contributed by atoms with E-state index in [1.807, 2.05) is 24.3 Å². The molecular weight excluding hydrogens is 306 g/mol. The van der Waals surface area contributed by atoms with Gasteiger partial charge in [0.1, 0.15) is 12.4 Å². The fourth-order valence-electron chi connectivity index (χ4n) is 2.64. The number of hydrazine groups is 1. The zero-order chi connectivity index (χ0) is 15.6. The van der Waals surface area contributed by atoms with E-state index in [0.29, 0.717) is 11.7 Å². The van der Waals surface area contributed by atoms with Crippen molar-refractivity contribution < 1.29 is 4.74 Å². The second kappa shape index (κ2) is 5.87. The molecule has 4 nitrogen and oxygen atoms in total. The quantitative estimate of drug-likeness (QED) is 0.434. The van der Waals surface area contributed by atoms with Crippen LogP contribution in [-0.4, -0.2) is 4.98 Å². The minimum Gasteiger partial charge on any atom is -0.489 e. The molecule has 0 fully saturated rings. The van der Waals surface area contributed by atoms with Crippen molar-refractivity contribution >= 4 is 37.5 Å². The van der Waals surface area contributed by atoms with Gasteiger partial charge in [-0.2, -0.15) is 0 Å². The Morgan fingerprint density at radius 3 is 2.83 bits per heavy atom. The predicted molar refractivity (Wildman–Crippen MR) is 95.7 cm³/mol. The molecule has 4 aromatic rings. The Hall–Kier alpha value is -2.63. The van der Waals surface area contributed by atoms with E-state index in [1.54, 1.807) is 0 Å². The largest absolute Gasteiger partial charge is 0.489 e. The smallest absolute Gasteiger partial charge is 0.198 e. The number of nitrogens with zero attached hydrogens (tertiary/aromatic N) is 1. The molecule has 0 radical (unpaired) electrons. The summed E-state index contributed by atoms with van der Waals surface area (Å²) >= 11 is 1.51. The zero-order valence-corrected chi connectivity index (χ0v) is 13.1. The molecule has 3 aromatic carbocycles. The summed E-state index contributed by atoms with van der Waals surface area (Å²) < 4.78 is 7.03. The third-order valence-electron chi connectivity index (χ3n) is 3.76. The maximum absolute atomic E-state index is 5.98. The molecule has 0 aliphatic heterocycles. The highest BCUT2D eigenvalue weighted by molar-refractivity contribution is 7.22. The van der Waals surface area contributed by atoms with Crippen LogP contribution < -0.4 is 16.0 Å². The number of anilines is 1. The van der Waals surface area contributed by atoms with Crippen LogP contribution in [0, 0.1) is 0 Å². The summed E-state index contributed by atoms with van der Waals surface area (Å²) in [6.45, 7) is 0.535. The highest BCUT2D eigenvalue weighted by Crippen LogP contribution is 2.29. The van der Waals surface area contributed by atoms with Crippen molar-refractivity contribution in [1.29, 1.82) is 0 Å². The van der Waals surface area contributed by atoms with Gasteiger partial charge in [-0.1, -0.05) is 53.8 Å². The topological polar surface area (TPSA) is 60.2 Å². The number of hydrogen-bond donors (Lipinski definition) is 2. The summed E-state index contributed by atoms with van der Waals surface area (Å²) in [6.07, 6.45) is 0. The second-order valence-corrected chi connectivity index (χ2v) is 6.25. The molecule has 0 unspecified atom stereocenters. The van der Waals surface area contributed by atoms with E-state index in [4.69, 9.17) is 10.6 Å². The van der Waals surface area contributed by atoms with Crippen molar-refractivity contribution in [2.45, 2.75) is 6.61 Å². The molecule has 0 saturated carbocycles. The number of nitrogen functional groups attached to an aromatic ring is 1. The van der Waals surface area contributed by atoms with Gasteiger partial charge >= 0.3 is 0 Å². The second-order valence-electron chi connectivity index (χ2n) is 5.22. The van der Waals surface area contributed by atoms with Gasteiger partial charge in [0.15, 0.2) is 5.13 Å². The van der Waals surface area contributed by atoms with E-state index in [0.717, 1.165) is 16.0 Å². The summed E-state index contributed by atoms with van der Waals surface area (Å²) in [5, 5.41) is 3.15. The Morgan fingerprint density at radius 2 is 1.91 bits per heavy atom. The molecule has 0 atom stereocenters. The lowest BCUT2D eigenvalue weighted by atomic mass is 10.1. The first-order valence-electron chi connectivity index (χ1n) is 7.30. The number of nitrogens with one attached hydrogen (secondary N) is 1. The molecule has 1 aromatic heterocycles. The number of ether oxygens (including phenoxy) is 1. The van der Waals surface area contributed by atoms with Gasteiger partial charge in [-0.3, -0.25) is 5.43 Å². The molecule has 23 heavy (non-hydrogen) atoms. The molecule has 4 rings (SSSR count). The highest BCUT2D eigenvalue weighted by Gasteiger charge is 2.05. The monoisotopic (exact) mass is 321 g/mol. The van der Waals surface area contributed by atoms with E-state index < -0.39 is 0 Å². The Balaban J connectivity index is 1.60. The van der Waals surface area contributed by atoms with Crippen LogP contribution >= 0.6 is 11.3 Å². The Kier molecular flexibility index (Phi) is 3.57. The van der Waals surface area contributed by atoms with Crippen LogP contribution in [0.15, 0.2) is 60.7 Å². The number of fused-ring (bicyclic) bond motifs is 2. The first kappa shape index (κ1) is 14.0. The number of benzene rings is 3. The summed E-state index contributed by atoms with van der Waals surface area (Å²) in [5.74, 6) is 6.24. The fourth-order valence-corrected chi connectivity index (χ4v) is 3.44. The SMILES string of the molecule is NNc1nc2ccc(OCc3cccc4ccccc34)cc2s1. The van der Waals surface area contributed by atoms with Gasteiger partial charge in [-0.25, -0.2) is 10.8 Å². The number of thiazole rings is 1. The molecule has 0 saturated heterocycles. The first-order valence-corrected chi connectivity index (χ1v) is 8.12. The lowest BCUT2D eigenvalue weighted by Crippen LogP contribution is -2.05. The van der Waals surface area contributed by atoms with Gasteiger partial charge in [0.05, 0.1) is 10.2 Å². The minimum atomic E-state index is 0.535. The third-order valence-corrected chi connectivity index (χ3v) is 4.71. The molecule has 3 N–H and O–H groups in total. The van der Waals surface area contributed by atoms with Gasteiger partial charge in [0.25, 0.3) is 0 Å². The first-order chi connectivity index (χ1) is 11.3. The fraction of sp³-hybridized carbons (Fsp3) is 0.0556. The molecule has 0 bridgehead atoms. The van der Waals surface area contributed by atoms with Crippen LogP contribution in [0.4, 0.5) is 5.13 Å². The van der Waals surface area contributed by atoms with Crippen molar-refractivity contribution in [3.8, 4) is 5.75 Å². The maximum Gasteiger partial charge on any atom is 0.198 e. The molecule has 0 spiro atoms. The Bertz CT molecular complexity index is 975. The Labute approximate surface area is 137 Å². The zero-order valence-electron chi connectivity index (χ0n) is 12.3. The molecule has 5 heteroatoms. The van der Waals surface area contributed by atoms with Crippen LogP contribution in [-0.2, 0) is 6.61 Å². The standard InChI is InChI=1S/C18H15N3OS/c19-21-18-20-16-9-8-14(10-17(16)23-18)22-11-13-6-3-5-12-4-1-2-7-15(12)13/h1-10H,11,19H2,(H,20,21). The van der Waals surface area contributed by atoms with Crippen LogP contribution in [0.1, 0.15) is 5.56 Å². The predicted octanol–water partition coefficient (Wildman–Crippen LogP) is 4.31. The van der Waals surface area contributed by atoms with E-state index in [2.05, 4.69) is 46.8 Å². The number of hydrogen-bond acceptors (Lipinski definition) is 5. The normalized spacial score (nSPS) is 11.0. The van der Waals surface area contributed by atoms with Gasteiger partial charge in [0.2, 0.25) is 0 Å². The molecule has 0 aliphatic carbocycles. The molecular formula is C18H15N3OS. The van der Waals surface area contributed by atoms with Crippen molar-refractivity contribution in [2.24, 2.45) is 5.84 Å². The van der Waals surface area contributed by atoms with Crippen molar-refractivity contribution in [3.63, 3.8) is 0 Å². The Morgan fingerprint density at radius 1 is 1.04 bits per heavy atom. The molecule has 114 valence electrons. The third kappa shape index (κ3) is 2.72. The lowest BCUT2D eigenvalue weighted by molar-refractivity contribution is 0.308. The van der Waals surface area contributed by atoms with Crippen LogP contribution in [0.2, 0.25) is 0 Å². The maximum atomic E-state index is 5.98. The van der Waals surface area contributed by atoms with Gasteiger partial charge in [-0.15, -0.1) is 0 Å². The van der Waals surface area contributed by atoms with E-state index >= 15 is 0 Å². The van der Waals surface area contributed by atoms with Crippen LogP contribution in [0.5, 0.6) is 5.75 Å². The van der Waals surface area contributed by atoms with Gasteiger partial charge < -0.3 is 4.74 Å². The molecule has 0 aliphatic rings. The van der Waals surface area contributed by atoms with Gasteiger partial charge in [-0.05, 0) is 34.5 Å². The lowest BCUT2D eigenvalue weighted by Gasteiger charge is -2.09. The average molecular weight is 321 g/mol. The summed E-state index contributed by atoms with van der Waals surface area (Å²) in [6, 6.07) is 20.5. The average Bonchev–Trinajstić information content (AvgIpc) is 3.02. The van der Waals surface area contributed by atoms with Crippen LogP contribution in [0.25, 0.3) is 21.0 Å². The van der Waals surface area contributed by atoms with E-state index in [-0.39, 0.29) is 0 Å².